The Labute approximate surface area is 108 Å². The van der Waals surface area contributed by atoms with Gasteiger partial charge in [0.05, 0.1) is 12.7 Å². The van der Waals surface area contributed by atoms with Gasteiger partial charge in [-0.2, -0.15) is 5.10 Å². The van der Waals surface area contributed by atoms with Gasteiger partial charge in [0, 0.05) is 22.3 Å². The summed E-state index contributed by atoms with van der Waals surface area (Å²) < 4.78 is 15.7. The lowest BCUT2D eigenvalue weighted by Crippen LogP contribution is -2.04. The highest BCUT2D eigenvalue weighted by atomic mass is 79.9. The molecule has 0 aliphatic heterocycles. The predicted octanol–water partition coefficient (Wildman–Crippen LogP) is 2.85. The summed E-state index contributed by atoms with van der Waals surface area (Å²) in [6, 6.07) is 4.57. The van der Waals surface area contributed by atoms with E-state index in [9.17, 15) is 4.39 Å². The van der Waals surface area contributed by atoms with Crippen LogP contribution in [0.3, 0.4) is 0 Å². The van der Waals surface area contributed by atoms with Crippen LogP contribution in [0.15, 0.2) is 35.1 Å². The van der Waals surface area contributed by atoms with Crippen LogP contribution in [0.5, 0.6) is 0 Å². The van der Waals surface area contributed by atoms with Crippen molar-refractivity contribution in [2.45, 2.75) is 19.5 Å². The molecule has 0 radical (unpaired) electrons. The first-order chi connectivity index (χ1) is 8.06. The van der Waals surface area contributed by atoms with Gasteiger partial charge in [0.1, 0.15) is 5.82 Å². The van der Waals surface area contributed by atoms with Crippen molar-refractivity contribution in [3.63, 3.8) is 0 Å². The summed E-state index contributed by atoms with van der Waals surface area (Å²) in [4.78, 5) is 0. The van der Waals surface area contributed by atoms with E-state index >= 15 is 0 Å². The van der Waals surface area contributed by atoms with Crippen LogP contribution in [0.25, 0.3) is 0 Å². The fraction of sp³-hybridized carbons (Fsp3) is 0.250. The number of hydrogen-bond donors (Lipinski definition) is 1. The van der Waals surface area contributed by atoms with Gasteiger partial charge in [-0.3, -0.25) is 4.68 Å². The van der Waals surface area contributed by atoms with Crippen LogP contribution in [-0.4, -0.2) is 9.78 Å². The average Bonchev–Trinajstić information content (AvgIpc) is 2.72. The summed E-state index contributed by atoms with van der Waals surface area (Å²) in [6.07, 6.45) is 3.61. The molecule has 0 unspecified atom stereocenters. The second kappa shape index (κ2) is 4.98. The Morgan fingerprint density at radius 3 is 2.94 bits per heavy atom. The van der Waals surface area contributed by atoms with Crippen molar-refractivity contribution in [2.75, 3.05) is 0 Å². The first-order valence-electron chi connectivity index (χ1n) is 5.28. The summed E-state index contributed by atoms with van der Waals surface area (Å²) in [5.74, 6) is -0.247. The van der Waals surface area contributed by atoms with Crippen molar-refractivity contribution in [3.05, 3.63) is 52.0 Å². The van der Waals surface area contributed by atoms with E-state index < -0.39 is 0 Å². The minimum Gasteiger partial charge on any atom is -0.324 e. The van der Waals surface area contributed by atoms with Crippen LogP contribution >= 0.6 is 15.9 Å². The van der Waals surface area contributed by atoms with Gasteiger partial charge in [0.15, 0.2) is 0 Å². The largest absolute Gasteiger partial charge is 0.324 e. The molecule has 5 heteroatoms. The van der Waals surface area contributed by atoms with Gasteiger partial charge in [-0.1, -0.05) is 15.9 Å². The predicted molar refractivity (Wildman–Crippen MR) is 68.0 cm³/mol. The minimum absolute atomic E-state index is 0.0419. The molecule has 90 valence electrons. The van der Waals surface area contributed by atoms with Crippen LogP contribution < -0.4 is 5.73 Å². The Hall–Kier alpha value is -1.20. The minimum atomic E-state index is -0.247. The Morgan fingerprint density at radius 1 is 1.53 bits per heavy atom. The fourth-order valence-electron chi connectivity index (χ4n) is 1.54. The van der Waals surface area contributed by atoms with Crippen LogP contribution in [0.2, 0.25) is 0 Å². The third kappa shape index (κ3) is 2.92. The molecule has 0 spiro atoms. The van der Waals surface area contributed by atoms with Gasteiger partial charge in [-0.25, -0.2) is 4.39 Å². The molecule has 0 amide bonds. The Kier molecular flexibility index (Phi) is 3.59. The van der Waals surface area contributed by atoms with Crippen molar-refractivity contribution in [1.29, 1.82) is 0 Å². The van der Waals surface area contributed by atoms with Gasteiger partial charge in [-0.15, -0.1) is 0 Å². The monoisotopic (exact) mass is 297 g/mol. The number of halogens is 2. The molecule has 3 nitrogen and oxygen atoms in total. The Balaban J connectivity index is 2.22. The molecule has 0 bridgehead atoms. The molecule has 0 saturated carbocycles. The van der Waals surface area contributed by atoms with Crippen molar-refractivity contribution in [3.8, 4) is 0 Å². The lowest BCUT2D eigenvalue weighted by Gasteiger charge is -2.05. The van der Waals surface area contributed by atoms with E-state index in [2.05, 4.69) is 21.0 Å². The van der Waals surface area contributed by atoms with Gasteiger partial charge >= 0.3 is 0 Å². The maximum absolute atomic E-state index is 13.1. The molecule has 0 aliphatic carbocycles. The molecule has 1 aromatic heterocycles. The summed E-state index contributed by atoms with van der Waals surface area (Å²) in [5.41, 5.74) is 7.57. The van der Waals surface area contributed by atoms with E-state index in [1.807, 2.05) is 13.1 Å². The Bertz CT molecular complexity index is 522. The SMILES string of the molecule is C[C@H](N)c1cnn(Cc2cc(F)ccc2Br)c1. The Morgan fingerprint density at radius 2 is 2.29 bits per heavy atom. The second-order valence-electron chi connectivity index (χ2n) is 4.00. The van der Waals surface area contributed by atoms with Gasteiger partial charge in [0.2, 0.25) is 0 Å². The van der Waals surface area contributed by atoms with E-state index in [0.717, 1.165) is 15.6 Å². The summed E-state index contributed by atoms with van der Waals surface area (Å²) in [6.45, 7) is 2.42. The smallest absolute Gasteiger partial charge is 0.123 e. The highest BCUT2D eigenvalue weighted by Gasteiger charge is 2.06. The van der Waals surface area contributed by atoms with E-state index in [1.165, 1.54) is 12.1 Å². The highest BCUT2D eigenvalue weighted by Crippen LogP contribution is 2.19. The topological polar surface area (TPSA) is 43.8 Å². The van der Waals surface area contributed by atoms with E-state index in [0.29, 0.717) is 6.54 Å². The van der Waals surface area contributed by atoms with Crippen molar-refractivity contribution in [1.82, 2.24) is 9.78 Å². The number of benzene rings is 1. The summed E-state index contributed by atoms with van der Waals surface area (Å²) >= 11 is 3.39. The van der Waals surface area contributed by atoms with Crippen LogP contribution in [0.1, 0.15) is 24.1 Å². The number of nitrogens with zero attached hydrogens (tertiary/aromatic N) is 2. The first-order valence-corrected chi connectivity index (χ1v) is 6.07. The third-order valence-electron chi connectivity index (χ3n) is 2.52. The second-order valence-corrected chi connectivity index (χ2v) is 4.85. The fourth-order valence-corrected chi connectivity index (χ4v) is 1.91. The normalized spacial score (nSPS) is 12.7. The zero-order valence-corrected chi connectivity index (χ0v) is 11.0. The maximum atomic E-state index is 13.1. The van der Waals surface area contributed by atoms with Crippen LogP contribution in [-0.2, 0) is 6.54 Å². The average molecular weight is 298 g/mol. The molecule has 0 fully saturated rings. The third-order valence-corrected chi connectivity index (χ3v) is 3.29. The lowest BCUT2D eigenvalue weighted by atomic mass is 10.2. The zero-order chi connectivity index (χ0) is 12.4. The zero-order valence-electron chi connectivity index (χ0n) is 9.40. The molecule has 17 heavy (non-hydrogen) atoms. The molecule has 2 N–H and O–H groups in total. The molecule has 1 atom stereocenters. The van der Waals surface area contributed by atoms with Crippen molar-refractivity contribution in [2.24, 2.45) is 5.73 Å². The molecule has 0 aliphatic rings. The highest BCUT2D eigenvalue weighted by molar-refractivity contribution is 9.10. The molecule has 0 saturated heterocycles. The quantitative estimate of drug-likeness (QED) is 0.947. The molecule has 1 aromatic carbocycles. The molecule has 2 aromatic rings. The number of rotatable bonds is 3. The van der Waals surface area contributed by atoms with Gasteiger partial charge < -0.3 is 5.73 Å². The summed E-state index contributed by atoms with van der Waals surface area (Å²) in [7, 11) is 0. The molecule has 2 rings (SSSR count). The number of nitrogens with two attached hydrogens (primary N) is 1. The van der Waals surface area contributed by atoms with E-state index in [-0.39, 0.29) is 11.9 Å². The molecule has 1 heterocycles. The van der Waals surface area contributed by atoms with Gasteiger partial charge in [-0.05, 0) is 30.7 Å². The first kappa shape index (κ1) is 12.3. The van der Waals surface area contributed by atoms with E-state index in [1.54, 1.807) is 16.9 Å². The number of aromatic nitrogens is 2. The number of hydrogen-bond acceptors (Lipinski definition) is 2. The van der Waals surface area contributed by atoms with Crippen molar-refractivity contribution < 1.29 is 4.39 Å². The molecular formula is C12H13BrFN3. The molecular weight excluding hydrogens is 285 g/mol. The van der Waals surface area contributed by atoms with Crippen LogP contribution in [0, 0.1) is 5.82 Å². The maximum Gasteiger partial charge on any atom is 0.123 e. The van der Waals surface area contributed by atoms with E-state index in [4.69, 9.17) is 5.73 Å². The summed E-state index contributed by atoms with van der Waals surface area (Å²) in [5, 5.41) is 4.20. The van der Waals surface area contributed by atoms with Crippen molar-refractivity contribution >= 4 is 15.9 Å². The van der Waals surface area contributed by atoms with Crippen LogP contribution in [0.4, 0.5) is 4.39 Å². The standard InChI is InChI=1S/C12H13BrFN3/c1-8(15)10-5-16-17(7-10)6-9-4-11(14)2-3-12(9)13/h2-5,7-8H,6,15H2,1H3/t8-/m0/s1. The van der Waals surface area contributed by atoms with Gasteiger partial charge in [0.25, 0.3) is 0 Å². The lowest BCUT2D eigenvalue weighted by molar-refractivity contribution is 0.618.